The number of carbonyl (C=O) groups is 1. The molecule has 1 aliphatic rings. The van der Waals surface area contributed by atoms with Crippen molar-refractivity contribution in [2.24, 2.45) is 0 Å². The highest BCUT2D eigenvalue weighted by atomic mass is 16.5. The third-order valence-electron chi connectivity index (χ3n) is 4.26. The number of nitrogens with zero attached hydrogens (tertiary/aromatic N) is 3. The maximum absolute atomic E-state index is 13.0. The molecule has 0 unspecified atom stereocenters. The molecule has 0 atom stereocenters. The van der Waals surface area contributed by atoms with Crippen LogP contribution in [0, 0.1) is 11.3 Å². The lowest BCUT2D eigenvalue weighted by Crippen LogP contribution is -2.44. The Bertz CT molecular complexity index is 749. The summed E-state index contributed by atoms with van der Waals surface area (Å²) in [7, 11) is 0. The molecule has 1 saturated heterocycles. The fourth-order valence-corrected chi connectivity index (χ4v) is 2.91. The maximum Gasteiger partial charge on any atom is 0.241 e. The fourth-order valence-electron chi connectivity index (χ4n) is 2.91. The van der Waals surface area contributed by atoms with Crippen LogP contribution in [-0.4, -0.2) is 43.7 Å². The van der Waals surface area contributed by atoms with Crippen molar-refractivity contribution < 1.29 is 9.53 Å². The van der Waals surface area contributed by atoms with Crippen molar-refractivity contribution in [3.63, 3.8) is 0 Å². The number of ether oxygens (including phenoxy) is 1. The van der Waals surface area contributed by atoms with Crippen LogP contribution < -0.4 is 4.90 Å². The highest BCUT2D eigenvalue weighted by Gasteiger charge is 2.22. The van der Waals surface area contributed by atoms with Crippen LogP contribution in [0.4, 0.5) is 5.69 Å². The second-order valence-electron chi connectivity index (χ2n) is 5.98. The third kappa shape index (κ3) is 4.44. The Kier molecular flexibility index (Phi) is 5.78. The number of benzene rings is 2. The van der Waals surface area contributed by atoms with Crippen molar-refractivity contribution in [3.05, 3.63) is 65.7 Å². The van der Waals surface area contributed by atoms with Gasteiger partial charge in [0.15, 0.2) is 0 Å². The molecule has 2 aromatic carbocycles. The van der Waals surface area contributed by atoms with Gasteiger partial charge in [-0.05, 0) is 17.7 Å². The molecule has 0 saturated carbocycles. The summed E-state index contributed by atoms with van der Waals surface area (Å²) < 4.78 is 5.35. The summed E-state index contributed by atoms with van der Waals surface area (Å²) in [6, 6.07) is 19.3. The van der Waals surface area contributed by atoms with Crippen LogP contribution in [0.2, 0.25) is 0 Å². The van der Waals surface area contributed by atoms with E-state index in [1.165, 1.54) is 0 Å². The normalized spacial score (nSPS) is 14.7. The van der Waals surface area contributed by atoms with Crippen LogP contribution in [0.1, 0.15) is 11.1 Å². The first-order valence-electron chi connectivity index (χ1n) is 8.41. The Morgan fingerprint density at radius 2 is 1.76 bits per heavy atom. The predicted octanol–water partition coefficient (Wildman–Crippen LogP) is 2.42. The number of amides is 1. The quantitative estimate of drug-likeness (QED) is 0.842. The lowest BCUT2D eigenvalue weighted by molar-refractivity contribution is -0.120. The van der Waals surface area contributed by atoms with Gasteiger partial charge in [0, 0.05) is 13.1 Å². The topological polar surface area (TPSA) is 56.6 Å². The second kappa shape index (κ2) is 8.43. The molecule has 25 heavy (non-hydrogen) atoms. The van der Waals surface area contributed by atoms with Gasteiger partial charge in [0.25, 0.3) is 0 Å². The van der Waals surface area contributed by atoms with E-state index < -0.39 is 0 Å². The van der Waals surface area contributed by atoms with Crippen molar-refractivity contribution >= 4 is 11.6 Å². The van der Waals surface area contributed by atoms with Crippen molar-refractivity contribution in [1.29, 1.82) is 5.26 Å². The van der Waals surface area contributed by atoms with Gasteiger partial charge in [-0.1, -0.05) is 42.5 Å². The largest absolute Gasteiger partial charge is 0.379 e. The van der Waals surface area contributed by atoms with Crippen LogP contribution in [-0.2, 0) is 16.1 Å². The van der Waals surface area contributed by atoms with Gasteiger partial charge in [0.1, 0.15) is 6.07 Å². The summed E-state index contributed by atoms with van der Waals surface area (Å²) in [4.78, 5) is 16.8. The molecule has 5 heteroatoms. The number of nitriles is 1. The van der Waals surface area contributed by atoms with Gasteiger partial charge < -0.3 is 9.64 Å². The van der Waals surface area contributed by atoms with Crippen molar-refractivity contribution in [2.45, 2.75) is 6.54 Å². The van der Waals surface area contributed by atoms with Gasteiger partial charge in [-0.25, -0.2) is 0 Å². The predicted molar refractivity (Wildman–Crippen MR) is 96.0 cm³/mol. The molecule has 1 amide bonds. The minimum atomic E-state index is -0.00606. The molecule has 0 N–H and O–H groups in total. The van der Waals surface area contributed by atoms with Crippen LogP contribution >= 0.6 is 0 Å². The molecule has 2 aromatic rings. The van der Waals surface area contributed by atoms with E-state index in [-0.39, 0.29) is 5.91 Å². The lowest BCUT2D eigenvalue weighted by Gasteiger charge is -2.30. The van der Waals surface area contributed by atoms with E-state index in [1.807, 2.05) is 48.5 Å². The van der Waals surface area contributed by atoms with Gasteiger partial charge in [-0.3, -0.25) is 9.69 Å². The number of hydrogen-bond donors (Lipinski definition) is 0. The molecule has 0 spiro atoms. The Morgan fingerprint density at radius 1 is 1.08 bits per heavy atom. The molecule has 5 nitrogen and oxygen atoms in total. The number of anilines is 1. The molecule has 128 valence electrons. The first kappa shape index (κ1) is 17.2. The molecule has 1 aliphatic heterocycles. The van der Waals surface area contributed by atoms with Gasteiger partial charge in [-0.15, -0.1) is 0 Å². The van der Waals surface area contributed by atoms with Crippen LogP contribution in [0.3, 0.4) is 0 Å². The highest BCUT2D eigenvalue weighted by molar-refractivity contribution is 5.96. The van der Waals surface area contributed by atoms with Crippen molar-refractivity contribution in [2.75, 3.05) is 37.7 Å². The Morgan fingerprint density at radius 3 is 2.48 bits per heavy atom. The standard InChI is InChI=1S/C20H21N3O2/c21-14-18-8-4-5-9-19(18)23(15-17-6-2-1-3-7-17)20(24)16-22-10-12-25-13-11-22/h1-9H,10-13,15-16H2. The van der Waals surface area contributed by atoms with E-state index in [1.54, 1.807) is 11.0 Å². The molecular formula is C20H21N3O2. The molecular weight excluding hydrogens is 314 g/mol. The smallest absolute Gasteiger partial charge is 0.241 e. The molecule has 0 aliphatic carbocycles. The van der Waals surface area contributed by atoms with E-state index in [4.69, 9.17) is 4.74 Å². The van der Waals surface area contributed by atoms with Crippen LogP contribution in [0.25, 0.3) is 0 Å². The van der Waals surface area contributed by atoms with Gasteiger partial charge in [-0.2, -0.15) is 5.26 Å². The SMILES string of the molecule is N#Cc1ccccc1N(Cc1ccccc1)C(=O)CN1CCOCC1. The molecule has 3 rings (SSSR count). The molecule has 0 bridgehead atoms. The number of para-hydroxylation sites is 1. The minimum Gasteiger partial charge on any atom is -0.379 e. The number of carbonyl (C=O) groups excluding carboxylic acids is 1. The first-order chi connectivity index (χ1) is 12.3. The van der Waals surface area contributed by atoms with Gasteiger partial charge in [0.05, 0.1) is 37.6 Å². The summed E-state index contributed by atoms with van der Waals surface area (Å²) in [5.41, 5.74) is 2.20. The average molecular weight is 335 g/mol. The van der Waals surface area contributed by atoms with Crippen molar-refractivity contribution in [1.82, 2.24) is 4.90 Å². The molecule has 0 aromatic heterocycles. The zero-order valence-corrected chi connectivity index (χ0v) is 14.1. The summed E-state index contributed by atoms with van der Waals surface area (Å²) >= 11 is 0. The maximum atomic E-state index is 13.0. The number of morpholine rings is 1. The van der Waals surface area contributed by atoms with Gasteiger partial charge in [0.2, 0.25) is 5.91 Å². The van der Waals surface area contributed by atoms with Crippen molar-refractivity contribution in [3.8, 4) is 6.07 Å². The lowest BCUT2D eigenvalue weighted by atomic mass is 10.1. The molecule has 0 radical (unpaired) electrons. The highest BCUT2D eigenvalue weighted by Crippen LogP contribution is 2.22. The second-order valence-corrected chi connectivity index (χ2v) is 5.98. The monoisotopic (exact) mass is 335 g/mol. The summed E-state index contributed by atoms with van der Waals surface area (Å²) in [5, 5.41) is 9.42. The van der Waals surface area contributed by atoms with E-state index >= 15 is 0 Å². The Hall–Kier alpha value is -2.68. The first-order valence-corrected chi connectivity index (χ1v) is 8.41. The summed E-state index contributed by atoms with van der Waals surface area (Å²) in [6.45, 7) is 3.59. The summed E-state index contributed by atoms with van der Waals surface area (Å²) in [6.07, 6.45) is 0. The summed E-state index contributed by atoms with van der Waals surface area (Å²) in [5.74, 6) is -0.00606. The minimum absolute atomic E-state index is 0.00606. The van der Waals surface area contributed by atoms with E-state index in [0.29, 0.717) is 37.6 Å². The average Bonchev–Trinajstić information content (AvgIpc) is 2.67. The Labute approximate surface area is 148 Å². The molecule has 1 heterocycles. The Balaban J connectivity index is 1.85. The van der Waals surface area contributed by atoms with E-state index in [2.05, 4.69) is 11.0 Å². The fraction of sp³-hybridized carbons (Fsp3) is 0.300. The number of hydrogen-bond acceptors (Lipinski definition) is 4. The molecule has 1 fully saturated rings. The third-order valence-corrected chi connectivity index (χ3v) is 4.26. The van der Waals surface area contributed by atoms with E-state index in [9.17, 15) is 10.1 Å². The van der Waals surface area contributed by atoms with Crippen LogP contribution in [0.15, 0.2) is 54.6 Å². The zero-order valence-electron chi connectivity index (χ0n) is 14.1. The van der Waals surface area contributed by atoms with Gasteiger partial charge >= 0.3 is 0 Å². The zero-order chi connectivity index (χ0) is 17.5. The van der Waals surface area contributed by atoms with Crippen LogP contribution in [0.5, 0.6) is 0 Å². The van der Waals surface area contributed by atoms with E-state index in [0.717, 1.165) is 18.7 Å². The number of rotatable bonds is 5.